The quantitative estimate of drug-likeness (QED) is 0.712. The number of carboxylic acids is 1. The van der Waals surface area contributed by atoms with Gasteiger partial charge < -0.3 is 20.4 Å². The number of urea groups is 1. The molecule has 19 heavy (non-hydrogen) atoms. The number of aliphatic hydroxyl groups excluding tert-OH is 1. The first-order chi connectivity index (χ1) is 8.71. The van der Waals surface area contributed by atoms with Gasteiger partial charge in [-0.25, -0.2) is 4.79 Å². The molecule has 1 saturated heterocycles. The lowest BCUT2D eigenvalue weighted by molar-refractivity contribution is -0.136. The molecule has 6 heteroatoms. The molecule has 1 fully saturated rings. The molecule has 2 amide bonds. The van der Waals surface area contributed by atoms with E-state index >= 15 is 0 Å². The predicted octanol–water partition coefficient (Wildman–Crippen LogP) is 0.900. The fourth-order valence-corrected chi connectivity index (χ4v) is 2.51. The van der Waals surface area contributed by atoms with Crippen molar-refractivity contribution in [2.75, 3.05) is 19.6 Å². The second kappa shape index (κ2) is 6.23. The lowest BCUT2D eigenvalue weighted by Crippen LogP contribution is -2.52. The zero-order valence-electron chi connectivity index (χ0n) is 11.8. The number of hydrogen-bond donors (Lipinski definition) is 3. The van der Waals surface area contributed by atoms with Crippen molar-refractivity contribution in [3.05, 3.63) is 0 Å². The number of carbonyl (C=O) groups is 2. The third kappa shape index (κ3) is 4.70. The van der Waals surface area contributed by atoms with Gasteiger partial charge in [-0.05, 0) is 17.8 Å². The largest absolute Gasteiger partial charge is 0.481 e. The van der Waals surface area contributed by atoms with Crippen molar-refractivity contribution in [1.82, 2.24) is 10.2 Å². The minimum absolute atomic E-state index is 0.0191. The zero-order chi connectivity index (χ0) is 14.6. The molecule has 6 nitrogen and oxygen atoms in total. The maximum atomic E-state index is 11.8. The summed E-state index contributed by atoms with van der Waals surface area (Å²) in [7, 11) is 0. The molecular formula is C13H24N2O4. The molecule has 0 aromatic carbocycles. The molecule has 0 aromatic rings. The fraction of sp³-hybridized carbons (Fsp3) is 0.846. The second-order valence-corrected chi connectivity index (χ2v) is 6.15. The van der Waals surface area contributed by atoms with Crippen molar-refractivity contribution in [3.8, 4) is 0 Å². The first-order valence-electron chi connectivity index (χ1n) is 6.64. The summed E-state index contributed by atoms with van der Waals surface area (Å²) in [6.45, 7) is 7.28. The number of rotatable bonds is 3. The number of carboxylic acid groups (broad SMARTS) is 1. The number of piperidine rings is 1. The summed E-state index contributed by atoms with van der Waals surface area (Å²) in [5, 5.41) is 21.2. The highest BCUT2D eigenvalue weighted by molar-refractivity contribution is 5.75. The maximum Gasteiger partial charge on any atom is 0.317 e. The minimum atomic E-state index is -0.938. The number of aliphatic carboxylic acids is 1. The molecule has 0 spiro atoms. The average molecular weight is 272 g/mol. The fourth-order valence-electron chi connectivity index (χ4n) is 2.51. The highest BCUT2D eigenvalue weighted by Crippen LogP contribution is 2.34. The summed E-state index contributed by atoms with van der Waals surface area (Å²) in [5.74, 6) is -0.762. The van der Waals surface area contributed by atoms with Gasteiger partial charge in [0.05, 0.1) is 12.5 Å². The van der Waals surface area contributed by atoms with Gasteiger partial charge in [0, 0.05) is 19.6 Å². The van der Waals surface area contributed by atoms with E-state index in [1.165, 1.54) is 0 Å². The molecule has 0 aliphatic carbocycles. The molecule has 1 rings (SSSR count). The van der Waals surface area contributed by atoms with Gasteiger partial charge in [0.25, 0.3) is 0 Å². The lowest BCUT2D eigenvalue weighted by Gasteiger charge is -2.42. The van der Waals surface area contributed by atoms with E-state index in [0.29, 0.717) is 13.1 Å². The van der Waals surface area contributed by atoms with Crippen LogP contribution in [0.15, 0.2) is 0 Å². The number of nitrogens with one attached hydrogen (secondary N) is 1. The third-order valence-corrected chi connectivity index (χ3v) is 3.60. The van der Waals surface area contributed by atoms with Crippen LogP contribution in [0.3, 0.4) is 0 Å². The van der Waals surface area contributed by atoms with Crippen LogP contribution in [-0.2, 0) is 4.79 Å². The summed E-state index contributed by atoms with van der Waals surface area (Å²) >= 11 is 0. The molecule has 110 valence electrons. The first-order valence-corrected chi connectivity index (χ1v) is 6.64. The van der Waals surface area contributed by atoms with Crippen LogP contribution in [0.5, 0.6) is 0 Å². The van der Waals surface area contributed by atoms with E-state index in [4.69, 9.17) is 5.11 Å². The molecule has 2 unspecified atom stereocenters. The van der Waals surface area contributed by atoms with E-state index in [1.54, 1.807) is 4.90 Å². The van der Waals surface area contributed by atoms with Gasteiger partial charge in [-0.2, -0.15) is 0 Å². The van der Waals surface area contributed by atoms with Crippen molar-refractivity contribution < 1.29 is 19.8 Å². The number of β-amino-alcohol motifs (C(OH)–C–C–N with tert-alkyl or cyclic N) is 1. The zero-order valence-corrected chi connectivity index (χ0v) is 11.8. The van der Waals surface area contributed by atoms with E-state index in [1.807, 2.05) is 0 Å². The maximum absolute atomic E-state index is 11.8. The van der Waals surface area contributed by atoms with Crippen LogP contribution in [0.4, 0.5) is 4.79 Å². The molecule has 0 saturated carbocycles. The monoisotopic (exact) mass is 272 g/mol. The van der Waals surface area contributed by atoms with E-state index in [9.17, 15) is 14.7 Å². The Morgan fingerprint density at radius 2 is 2.00 bits per heavy atom. The first kappa shape index (κ1) is 15.8. The minimum Gasteiger partial charge on any atom is -0.481 e. The summed E-state index contributed by atoms with van der Waals surface area (Å²) in [5.41, 5.74) is 0.0191. The van der Waals surface area contributed by atoms with Crippen molar-refractivity contribution >= 4 is 12.0 Å². The second-order valence-electron chi connectivity index (χ2n) is 6.15. The SMILES string of the molecule is CC(C)(C)C1CCN(C(=O)NCCC(=O)O)CC1O. The van der Waals surface area contributed by atoms with Crippen LogP contribution in [0.25, 0.3) is 0 Å². The molecule has 0 radical (unpaired) electrons. The van der Waals surface area contributed by atoms with E-state index in [-0.39, 0.29) is 30.3 Å². The summed E-state index contributed by atoms with van der Waals surface area (Å²) in [4.78, 5) is 23.7. The van der Waals surface area contributed by atoms with E-state index in [0.717, 1.165) is 6.42 Å². The number of nitrogens with zero attached hydrogens (tertiary/aromatic N) is 1. The highest BCUT2D eigenvalue weighted by atomic mass is 16.4. The van der Waals surface area contributed by atoms with Crippen molar-refractivity contribution in [2.24, 2.45) is 11.3 Å². The van der Waals surface area contributed by atoms with Gasteiger partial charge >= 0.3 is 12.0 Å². The topological polar surface area (TPSA) is 89.9 Å². The molecule has 0 bridgehead atoms. The Bertz CT molecular complexity index is 338. The number of hydrogen-bond acceptors (Lipinski definition) is 3. The van der Waals surface area contributed by atoms with Crippen LogP contribution < -0.4 is 5.32 Å². The summed E-state index contributed by atoms with van der Waals surface area (Å²) in [6, 6.07) is -0.298. The molecule has 1 aliphatic rings. The van der Waals surface area contributed by atoms with Crippen molar-refractivity contribution in [3.63, 3.8) is 0 Å². The van der Waals surface area contributed by atoms with E-state index < -0.39 is 12.1 Å². The lowest BCUT2D eigenvalue weighted by atomic mass is 9.74. The third-order valence-electron chi connectivity index (χ3n) is 3.60. The van der Waals surface area contributed by atoms with Crippen LogP contribution in [0.1, 0.15) is 33.6 Å². The molecular weight excluding hydrogens is 248 g/mol. The van der Waals surface area contributed by atoms with Crippen LogP contribution >= 0.6 is 0 Å². The molecule has 1 aliphatic heterocycles. The number of carbonyl (C=O) groups excluding carboxylic acids is 1. The summed E-state index contributed by atoms with van der Waals surface area (Å²) in [6.07, 6.45) is 0.142. The Morgan fingerprint density at radius 1 is 1.37 bits per heavy atom. The van der Waals surface area contributed by atoms with Gasteiger partial charge in [0.1, 0.15) is 0 Å². The number of aliphatic hydroxyl groups is 1. The van der Waals surface area contributed by atoms with Crippen LogP contribution in [0, 0.1) is 11.3 Å². The van der Waals surface area contributed by atoms with Crippen LogP contribution in [0.2, 0.25) is 0 Å². The Labute approximate surface area is 113 Å². The van der Waals surface area contributed by atoms with Gasteiger partial charge in [-0.1, -0.05) is 20.8 Å². The van der Waals surface area contributed by atoms with Gasteiger partial charge in [0.15, 0.2) is 0 Å². The summed E-state index contributed by atoms with van der Waals surface area (Å²) < 4.78 is 0. The number of likely N-dealkylation sites (tertiary alicyclic amines) is 1. The Kier molecular flexibility index (Phi) is 5.17. The molecule has 0 aromatic heterocycles. The van der Waals surface area contributed by atoms with Gasteiger partial charge in [-0.3, -0.25) is 4.79 Å². The smallest absolute Gasteiger partial charge is 0.317 e. The van der Waals surface area contributed by atoms with Crippen LogP contribution in [-0.4, -0.2) is 52.9 Å². The van der Waals surface area contributed by atoms with Crippen molar-refractivity contribution in [1.29, 1.82) is 0 Å². The van der Waals surface area contributed by atoms with E-state index in [2.05, 4.69) is 26.1 Å². The molecule has 3 N–H and O–H groups in total. The van der Waals surface area contributed by atoms with Gasteiger partial charge in [-0.15, -0.1) is 0 Å². The normalized spacial score (nSPS) is 24.1. The average Bonchev–Trinajstić information content (AvgIpc) is 2.26. The molecule has 2 atom stereocenters. The van der Waals surface area contributed by atoms with Crippen molar-refractivity contribution in [2.45, 2.75) is 39.7 Å². The standard InChI is InChI=1S/C13H24N2O4/c1-13(2,3)9-5-7-15(8-10(9)16)12(19)14-6-4-11(17)18/h9-10,16H,4-8H2,1-3H3,(H,14,19)(H,17,18). The molecule has 1 heterocycles. The number of amides is 2. The Hall–Kier alpha value is -1.30. The Morgan fingerprint density at radius 3 is 2.47 bits per heavy atom. The highest BCUT2D eigenvalue weighted by Gasteiger charge is 2.36. The van der Waals surface area contributed by atoms with Gasteiger partial charge in [0.2, 0.25) is 0 Å². The predicted molar refractivity (Wildman–Crippen MR) is 70.8 cm³/mol. The Balaban J connectivity index is 2.43.